The summed E-state index contributed by atoms with van der Waals surface area (Å²) in [6.45, 7) is 2.22. The average Bonchev–Trinajstić information content (AvgIpc) is 2.38. The van der Waals surface area contributed by atoms with E-state index in [-0.39, 0.29) is 18.8 Å². The van der Waals surface area contributed by atoms with Gasteiger partial charge in [-0.3, -0.25) is 4.52 Å². The lowest BCUT2D eigenvalue weighted by molar-refractivity contribution is -0.155. The zero-order chi connectivity index (χ0) is 15.2. The van der Waals surface area contributed by atoms with E-state index in [1.807, 2.05) is 0 Å². The van der Waals surface area contributed by atoms with Gasteiger partial charge in [-0.05, 0) is 12.1 Å². The Labute approximate surface area is 116 Å². The van der Waals surface area contributed by atoms with Crippen molar-refractivity contribution >= 4 is 7.75 Å². The Morgan fingerprint density at radius 2 is 1.70 bits per heavy atom. The molecule has 20 heavy (non-hydrogen) atoms. The summed E-state index contributed by atoms with van der Waals surface area (Å²) < 4.78 is 60.4. The second kappa shape index (κ2) is 7.11. The van der Waals surface area contributed by atoms with E-state index in [0.717, 1.165) is 0 Å². The summed E-state index contributed by atoms with van der Waals surface area (Å²) in [4.78, 5) is 0. The van der Waals surface area contributed by atoms with Gasteiger partial charge in [0.1, 0.15) is 5.75 Å². The molecular weight excluding hydrogens is 294 g/mol. The molecule has 4 nitrogen and oxygen atoms in total. The third-order valence-electron chi connectivity index (χ3n) is 2.43. The van der Waals surface area contributed by atoms with E-state index in [2.05, 4.69) is 4.52 Å². The third-order valence-corrected chi connectivity index (χ3v) is 4.59. The lowest BCUT2D eigenvalue weighted by Crippen LogP contribution is -2.27. The molecule has 0 aromatic heterocycles. The van der Waals surface area contributed by atoms with Crippen LogP contribution >= 0.6 is 7.75 Å². The quantitative estimate of drug-likeness (QED) is 0.711. The van der Waals surface area contributed by atoms with Crippen LogP contribution in [-0.2, 0) is 9.09 Å². The number of alkyl halides is 3. The molecule has 0 bridgehead atoms. The van der Waals surface area contributed by atoms with Crippen molar-refractivity contribution in [3.63, 3.8) is 0 Å². The summed E-state index contributed by atoms with van der Waals surface area (Å²) in [5.41, 5.74) is 0. The average molecular weight is 311 g/mol. The molecule has 1 atom stereocenters. The molecule has 0 saturated carbocycles. The summed E-state index contributed by atoms with van der Waals surface area (Å²) in [6, 6.07) is 7.99. The van der Waals surface area contributed by atoms with Gasteiger partial charge in [-0.25, -0.2) is 4.57 Å². The van der Waals surface area contributed by atoms with Gasteiger partial charge < -0.3 is 4.52 Å². The van der Waals surface area contributed by atoms with Crippen LogP contribution in [-0.4, -0.2) is 30.5 Å². The molecule has 1 unspecified atom stereocenters. The second-order valence-electron chi connectivity index (χ2n) is 3.90. The lowest BCUT2D eigenvalue weighted by atomic mass is 10.3. The van der Waals surface area contributed by atoms with Gasteiger partial charge in [-0.15, -0.1) is 0 Å². The topological polar surface area (TPSA) is 38.8 Å². The highest BCUT2D eigenvalue weighted by molar-refractivity contribution is 7.51. The van der Waals surface area contributed by atoms with Crippen LogP contribution in [0.2, 0.25) is 0 Å². The number of rotatable bonds is 7. The van der Waals surface area contributed by atoms with Crippen LogP contribution < -0.4 is 4.52 Å². The van der Waals surface area contributed by atoms with Gasteiger partial charge in [0, 0.05) is 13.1 Å². The fourth-order valence-corrected chi connectivity index (χ4v) is 3.23. The van der Waals surface area contributed by atoms with Gasteiger partial charge in [-0.2, -0.15) is 17.8 Å². The zero-order valence-electron chi connectivity index (χ0n) is 11.3. The molecule has 8 heteroatoms. The highest BCUT2D eigenvalue weighted by Crippen LogP contribution is 2.52. The highest BCUT2D eigenvalue weighted by atomic mass is 31.2. The van der Waals surface area contributed by atoms with E-state index in [9.17, 15) is 17.7 Å². The molecule has 0 aliphatic rings. The number of halogens is 3. The number of hydrogen-bond donors (Lipinski definition) is 0. The Morgan fingerprint density at radius 3 is 2.15 bits per heavy atom. The van der Waals surface area contributed by atoms with Crippen LogP contribution in [0.15, 0.2) is 30.3 Å². The molecular formula is C12H17F3NO3P. The van der Waals surface area contributed by atoms with Crippen LogP contribution in [0, 0.1) is 0 Å². The number of nitrogens with zero attached hydrogens (tertiary/aromatic N) is 1. The van der Waals surface area contributed by atoms with Crippen LogP contribution in [0.4, 0.5) is 13.2 Å². The maximum absolute atomic E-state index is 12.6. The van der Waals surface area contributed by atoms with Crippen LogP contribution in [0.25, 0.3) is 0 Å². The number of para-hydroxylation sites is 1. The maximum atomic E-state index is 12.6. The van der Waals surface area contributed by atoms with Gasteiger partial charge in [0.15, 0.2) is 6.61 Å². The van der Waals surface area contributed by atoms with E-state index < -0.39 is 20.5 Å². The third kappa shape index (κ3) is 5.15. The predicted octanol–water partition coefficient (Wildman–Crippen LogP) is 4.09. The van der Waals surface area contributed by atoms with Crippen molar-refractivity contribution in [1.82, 2.24) is 4.67 Å². The van der Waals surface area contributed by atoms with E-state index in [1.54, 1.807) is 32.0 Å². The van der Waals surface area contributed by atoms with Gasteiger partial charge in [-0.1, -0.05) is 32.0 Å². The minimum Gasteiger partial charge on any atom is -0.413 e. The number of benzene rings is 1. The fourth-order valence-electron chi connectivity index (χ4n) is 1.51. The van der Waals surface area contributed by atoms with Crippen molar-refractivity contribution in [3.05, 3.63) is 30.3 Å². The Hall–Kier alpha value is -1.04. The second-order valence-corrected chi connectivity index (χ2v) is 5.84. The molecule has 0 spiro atoms. The molecule has 0 N–H and O–H groups in total. The minimum absolute atomic E-state index is 0.199. The molecule has 114 valence electrons. The molecule has 1 rings (SSSR count). The van der Waals surface area contributed by atoms with Crippen molar-refractivity contribution in [3.8, 4) is 5.75 Å². The summed E-state index contributed by atoms with van der Waals surface area (Å²) in [5, 5.41) is 0. The molecule has 1 aromatic carbocycles. The normalized spacial score (nSPS) is 15.1. The van der Waals surface area contributed by atoms with E-state index >= 15 is 0 Å². The Bertz CT molecular complexity index is 449. The van der Waals surface area contributed by atoms with Gasteiger partial charge in [0.2, 0.25) is 0 Å². The standard InChI is InChI=1S/C12H17F3NO3P/c1-3-16(4-2)20(17,18-10-12(13,14)15)19-11-8-6-5-7-9-11/h5-9H,3-4,10H2,1-2H3. The molecule has 0 radical (unpaired) electrons. The lowest BCUT2D eigenvalue weighted by Gasteiger charge is -2.28. The molecule has 0 aliphatic carbocycles. The van der Waals surface area contributed by atoms with Gasteiger partial charge >= 0.3 is 13.9 Å². The predicted molar refractivity (Wildman–Crippen MR) is 69.6 cm³/mol. The number of hydrogen-bond acceptors (Lipinski definition) is 3. The zero-order valence-corrected chi connectivity index (χ0v) is 12.2. The molecule has 0 aliphatic heterocycles. The fraction of sp³-hybridized carbons (Fsp3) is 0.500. The maximum Gasteiger partial charge on any atom is 0.461 e. The molecule has 1 aromatic rings. The minimum atomic E-state index is -4.57. The molecule has 0 fully saturated rings. The van der Waals surface area contributed by atoms with Crippen LogP contribution in [0.1, 0.15) is 13.8 Å². The summed E-state index contributed by atoms with van der Waals surface area (Å²) in [6.07, 6.45) is -4.57. The van der Waals surface area contributed by atoms with Crippen molar-refractivity contribution < 1.29 is 26.8 Å². The van der Waals surface area contributed by atoms with Crippen molar-refractivity contribution in [2.45, 2.75) is 20.0 Å². The Balaban J connectivity index is 2.92. The van der Waals surface area contributed by atoms with Crippen molar-refractivity contribution in [1.29, 1.82) is 0 Å². The highest BCUT2D eigenvalue weighted by Gasteiger charge is 2.39. The van der Waals surface area contributed by atoms with E-state index in [1.165, 1.54) is 16.8 Å². The first-order chi connectivity index (χ1) is 9.30. The first kappa shape index (κ1) is 17.0. The first-order valence-electron chi connectivity index (χ1n) is 6.12. The molecule has 0 amide bonds. The summed E-state index contributed by atoms with van der Waals surface area (Å²) in [5.74, 6) is 0.199. The van der Waals surface area contributed by atoms with E-state index in [4.69, 9.17) is 4.52 Å². The molecule has 0 saturated heterocycles. The van der Waals surface area contributed by atoms with E-state index in [0.29, 0.717) is 0 Å². The SMILES string of the molecule is CCN(CC)P(=O)(OCC(F)(F)F)Oc1ccccc1. The monoisotopic (exact) mass is 311 g/mol. The summed E-state index contributed by atoms with van der Waals surface area (Å²) in [7, 11) is -4.03. The smallest absolute Gasteiger partial charge is 0.413 e. The van der Waals surface area contributed by atoms with Crippen molar-refractivity contribution in [2.24, 2.45) is 0 Å². The largest absolute Gasteiger partial charge is 0.461 e. The van der Waals surface area contributed by atoms with Crippen LogP contribution in [0.3, 0.4) is 0 Å². The van der Waals surface area contributed by atoms with Crippen LogP contribution in [0.5, 0.6) is 5.75 Å². The van der Waals surface area contributed by atoms with Crippen molar-refractivity contribution in [2.75, 3.05) is 19.7 Å². The first-order valence-corrected chi connectivity index (χ1v) is 7.61. The van der Waals surface area contributed by atoms with Gasteiger partial charge in [0.05, 0.1) is 0 Å². The Kier molecular flexibility index (Phi) is 6.05. The molecule has 0 heterocycles. The van der Waals surface area contributed by atoms with Gasteiger partial charge in [0.25, 0.3) is 0 Å². The Morgan fingerprint density at radius 1 is 1.15 bits per heavy atom. The summed E-state index contributed by atoms with van der Waals surface area (Å²) >= 11 is 0.